The number of hydrogen-bond donors (Lipinski definition) is 3. The minimum atomic E-state index is -4.55. The highest BCUT2D eigenvalue weighted by Gasteiger charge is 2.32. The highest BCUT2D eigenvalue weighted by Crippen LogP contribution is 2.34. The lowest BCUT2D eigenvalue weighted by Crippen LogP contribution is -2.22. The maximum atomic E-state index is 13.6. The zero-order chi connectivity index (χ0) is 28.3. The van der Waals surface area contributed by atoms with E-state index in [1.807, 2.05) is 0 Å². The molecule has 12 heteroatoms. The van der Waals surface area contributed by atoms with Gasteiger partial charge in [-0.15, -0.1) is 0 Å². The molecule has 0 radical (unpaired) electrons. The average Bonchev–Trinajstić information content (AvgIpc) is 3.40. The number of ether oxygens (including phenoxy) is 2. The minimum absolute atomic E-state index is 0.0567. The summed E-state index contributed by atoms with van der Waals surface area (Å²) in [7, 11) is 0. The van der Waals surface area contributed by atoms with Crippen molar-refractivity contribution in [3.8, 4) is 17.2 Å². The van der Waals surface area contributed by atoms with Crippen LogP contribution in [0.3, 0.4) is 0 Å². The number of nitrogens with zero attached hydrogens (tertiary/aromatic N) is 2. The van der Waals surface area contributed by atoms with Crippen LogP contribution >= 0.6 is 0 Å². The number of halogens is 3. The van der Waals surface area contributed by atoms with Gasteiger partial charge in [-0.25, -0.2) is 9.78 Å². The van der Waals surface area contributed by atoms with Gasteiger partial charge in [0.05, 0.1) is 11.1 Å². The summed E-state index contributed by atoms with van der Waals surface area (Å²) in [6.45, 7) is 1.97. The van der Waals surface area contributed by atoms with Gasteiger partial charge in [-0.1, -0.05) is 0 Å². The molecule has 0 aliphatic carbocycles. The van der Waals surface area contributed by atoms with Gasteiger partial charge in [-0.2, -0.15) is 13.2 Å². The Labute approximate surface area is 227 Å². The Bertz CT molecular complexity index is 1470. The van der Waals surface area contributed by atoms with Crippen molar-refractivity contribution in [1.82, 2.24) is 9.88 Å². The number of carboxylic acid groups (broad SMARTS) is 1. The Kier molecular flexibility index (Phi) is 7.60. The molecule has 5 rings (SSSR count). The van der Waals surface area contributed by atoms with Crippen molar-refractivity contribution in [1.29, 1.82) is 0 Å². The summed E-state index contributed by atoms with van der Waals surface area (Å²) in [4.78, 5) is 29.9. The lowest BCUT2D eigenvalue weighted by Gasteiger charge is -2.20. The number of rotatable bonds is 7. The number of anilines is 2. The van der Waals surface area contributed by atoms with Crippen molar-refractivity contribution in [2.24, 2.45) is 0 Å². The molecule has 40 heavy (non-hydrogen) atoms. The van der Waals surface area contributed by atoms with Crippen LogP contribution in [0.25, 0.3) is 6.08 Å². The van der Waals surface area contributed by atoms with E-state index in [2.05, 4.69) is 20.5 Å². The molecule has 2 aliphatic heterocycles. The third kappa shape index (κ3) is 6.70. The Balaban J connectivity index is 1.33. The van der Waals surface area contributed by atoms with E-state index >= 15 is 0 Å². The summed E-state index contributed by atoms with van der Waals surface area (Å²) < 4.78 is 52.3. The van der Waals surface area contributed by atoms with Gasteiger partial charge in [-0.3, -0.25) is 15.0 Å². The van der Waals surface area contributed by atoms with Crippen molar-refractivity contribution < 1.29 is 37.3 Å². The molecular formula is C28H25F3N4O5. The van der Waals surface area contributed by atoms with Gasteiger partial charge < -0.3 is 19.9 Å². The molecule has 0 spiro atoms. The second kappa shape index (κ2) is 11.3. The van der Waals surface area contributed by atoms with Crippen LogP contribution in [0.4, 0.5) is 29.5 Å². The maximum absolute atomic E-state index is 13.6. The van der Waals surface area contributed by atoms with E-state index in [4.69, 9.17) is 14.6 Å². The summed E-state index contributed by atoms with van der Waals surface area (Å²) in [6.07, 6.45) is -0.826. The van der Waals surface area contributed by atoms with Crippen molar-refractivity contribution in [3.63, 3.8) is 0 Å². The number of aromatic nitrogens is 1. The molecule has 2 amide bonds. The highest BCUT2D eigenvalue weighted by molar-refractivity contribution is 6.07. The molecule has 0 atom stereocenters. The van der Waals surface area contributed by atoms with Crippen molar-refractivity contribution in [2.45, 2.75) is 25.6 Å². The molecule has 1 saturated heterocycles. The first-order valence-electron chi connectivity index (χ1n) is 12.5. The minimum Gasteiger partial charge on any atom is -0.488 e. The molecule has 2 aliphatic rings. The van der Waals surface area contributed by atoms with Gasteiger partial charge in [0.25, 0.3) is 5.91 Å². The van der Waals surface area contributed by atoms with Gasteiger partial charge >= 0.3 is 12.3 Å². The van der Waals surface area contributed by atoms with Crippen LogP contribution < -0.4 is 20.1 Å². The lowest BCUT2D eigenvalue weighted by molar-refractivity contribution is -0.137. The molecule has 2 aromatic carbocycles. The van der Waals surface area contributed by atoms with Crippen LogP contribution in [0, 0.1) is 0 Å². The average molecular weight is 555 g/mol. The van der Waals surface area contributed by atoms with E-state index in [1.54, 1.807) is 36.4 Å². The Morgan fingerprint density at radius 3 is 2.55 bits per heavy atom. The number of hydrogen-bond acceptors (Lipinski definition) is 6. The molecule has 0 bridgehead atoms. The van der Waals surface area contributed by atoms with Gasteiger partial charge in [-0.05, 0) is 80.0 Å². The number of nitrogens with one attached hydrogen (secondary N) is 2. The van der Waals surface area contributed by atoms with Crippen LogP contribution in [0.2, 0.25) is 0 Å². The number of carbonyl (C=O) groups is 2. The Hall–Kier alpha value is -4.58. The quantitative estimate of drug-likeness (QED) is 0.329. The number of amides is 2. The lowest BCUT2D eigenvalue weighted by atomic mass is 10.1. The fourth-order valence-corrected chi connectivity index (χ4v) is 4.57. The number of fused-ring (bicyclic) bond motifs is 1. The van der Waals surface area contributed by atoms with Crippen LogP contribution in [-0.2, 0) is 17.5 Å². The third-order valence-corrected chi connectivity index (χ3v) is 6.37. The monoisotopic (exact) mass is 554 g/mol. The Morgan fingerprint density at radius 2 is 1.80 bits per heavy atom. The highest BCUT2D eigenvalue weighted by atomic mass is 19.4. The van der Waals surface area contributed by atoms with E-state index in [0.29, 0.717) is 34.9 Å². The zero-order valence-electron chi connectivity index (χ0n) is 21.1. The molecule has 208 valence electrons. The van der Waals surface area contributed by atoms with Gasteiger partial charge in [0.15, 0.2) is 0 Å². The third-order valence-electron chi connectivity index (χ3n) is 6.37. The molecule has 3 N–H and O–H groups in total. The largest absolute Gasteiger partial charge is 0.488 e. The smallest absolute Gasteiger partial charge is 0.416 e. The number of alkyl halides is 3. The van der Waals surface area contributed by atoms with Gasteiger partial charge in [0.2, 0.25) is 0 Å². The number of likely N-dealkylation sites (tertiary alicyclic amines) is 1. The topological polar surface area (TPSA) is 113 Å². The summed E-state index contributed by atoms with van der Waals surface area (Å²) in [5.41, 5.74) is 0.469. The second-order valence-electron chi connectivity index (χ2n) is 9.42. The standard InChI is InChI=1S/C28H25F3N4O5/c29-28(30,31)20-9-17(15-35-7-1-2-8-35)10-21(13-20)33-26(36)19-11-18-12-22(3-4-24(18)39-16-19)40-23-5-6-32-25(14-23)34-27(37)38/h3-6,9-14H,1-2,7-8,15-16H2,(H,32,34)(H,33,36)(H,37,38). The van der Waals surface area contributed by atoms with Gasteiger partial charge in [0, 0.05) is 30.1 Å². The SMILES string of the molecule is O=C(O)Nc1cc(Oc2ccc3c(c2)C=C(C(=O)Nc2cc(CN4CCCC4)cc(C(F)(F)F)c2)CO3)ccn1. The number of benzene rings is 2. The molecule has 0 unspecified atom stereocenters. The van der Waals surface area contributed by atoms with E-state index in [-0.39, 0.29) is 23.7 Å². The first kappa shape index (κ1) is 27.0. The molecule has 1 fully saturated rings. The van der Waals surface area contributed by atoms with Crippen LogP contribution in [-0.4, -0.2) is 46.7 Å². The van der Waals surface area contributed by atoms with E-state index in [1.165, 1.54) is 12.3 Å². The first-order chi connectivity index (χ1) is 19.1. The number of carbonyl (C=O) groups excluding carboxylic acids is 1. The predicted octanol–water partition coefficient (Wildman–Crippen LogP) is 5.99. The molecule has 0 saturated carbocycles. The Morgan fingerprint density at radius 1 is 1.02 bits per heavy atom. The summed E-state index contributed by atoms with van der Waals surface area (Å²) in [5, 5.41) is 13.6. The van der Waals surface area contributed by atoms with Gasteiger partial charge in [0.1, 0.15) is 29.7 Å². The van der Waals surface area contributed by atoms with E-state index in [9.17, 15) is 22.8 Å². The maximum Gasteiger partial charge on any atom is 0.416 e. The second-order valence-corrected chi connectivity index (χ2v) is 9.42. The summed E-state index contributed by atoms with van der Waals surface area (Å²) in [5.74, 6) is 0.716. The predicted molar refractivity (Wildman–Crippen MR) is 140 cm³/mol. The number of pyridine rings is 1. The van der Waals surface area contributed by atoms with E-state index < -0.39 is 23.7 Å². The van der Waals surface area contributed by atoms with Crippen LogP contribution in [0.15, 0.2) is 60.3 Å². The van der Waals surface area contributed by atoms with Crippen molar-refractivity contribution in [2.75, 3.05) is 30.3 Å². The fraction of sp³-hybridized carbons (Fsp3) is 0.250. The molecule has 3 aromatic rings. The summed E-state index contributed by atoms with van der Waals surface area (Å²) >= 11 is 0. The molecule has 3 heterocycles. The first-order valence-corrected chi connectivity index (χ1v) is 12.5. The van der Waals surface area contributed by atoms with Crippen LogP contribution in [0.5, 0.6) is 17.2 Å². The normalized spacial score (nSPS) is 15.0. The zero-order valence-corrected chi connectivity index (χ0v) is 21.1. The molecular weight excluding hydrogens is 529 g/mol. The van der Waals surface area contributed by atoms with E-state index in [0.717, 1.165) is 38.1 Å². The molecule has 1 aromatic heterocycles. The van der Waals surface area contributed by atoms with Crippen molar-refractivity contribution in [3.05, 3.63) is 77.0 Å². The fourth-order valence-electron chi connectivity index (χ4n) is 4.57. The van der Waals surface area contributed by atoms with Crippen molar-refractivity contribution >= 4 is 29.6 Å². The summed E-state index contributed by atoms with van der Waals surface area (Å²) in [6, 6.07) is 11.5. The molecule has 9 nitrogen and oxygen atoms in total. The van der Waals surface area contributed by atoms with Crippen LogP contribution in [0.1, 0.15) is 29.5 Å².